The van der Waals surface area contributed by atoms with Gasteiger partial charge in [-0.25, -0.2) is 22.9 Å². The molecule has 16 nitrogen and oxygen atoms in total. The number of nitrogens with zero attached hydrogens (tertiary/aromatic N) is 2. The molecule has 0 spiro atoms. The Bertz CT molecular complexity index is 2450. The average Bonchev–Trinajstić information content (AvgIpc) is 3.81. The number of nitrogens with one attached hydrogen (secondary N) is 4. The monoisotopic (exact) mass is 888 g/mol. The number of hydrogen-bond donors (Lipinski definition) is 4. The van der Waals surface area contributed by atoms with Crippen LogP contribution in [0, 0.1) is 5.92 Å². The molecule has 62 heavy (non-hydrogen) atoms. The van der Waals surface area contributed by atoms with Crippen LogP contribution >= 0.6 is 11.6 Å². The molecule has 2 aliphatic rings. The lowest BCUT2D eigenvalue weighted by Gasteiger charge is -2.30. The summed E-state index contributed by atoms with van der Waals surface area (Å²) >= 11 is 5.68. The summed E-state index contributed by atoms with van der Waals surface area (Å²) in [5.41, 5.74) is -0.684. The van der Waals surface area contributed by atoms with Crippen molar-refractivity contribution in [3.8, 4) is 22.8 Å². The molecule has 2 heterocycles. The number of benzene rings is 3. The highest BCUT2D eigenvalue weighted by Crippen LogP contribution is 2.45. The Morgan fingerprint density at radius 2 is 1.71 bits per heavy atom. The van der Waals surface area contributed by atoms with E-state index in [2.05, 4.69) is 27.3 Å². The van der Waals surface area contributed by atoms with Crippen LogP contribution in [0.25, 0.3) is 22.2 Å². The first kappa shape index (κ1) is 45.3. The Balaban J connectivity index is 1.34. The fraction of sp³-hybridized carbons (Fsp3) is 0.364. The van der Waals surface area contributed by atoms with Crippen LogP contribution in [-0.4, -0.2) is 103 Å². The van der Waals surface area contributed by atoms with E-state index < -0.39 is 75.0 Å². The lowest BCUT2D eigenvalue weighted by atomic mass is 10.1. The van der Waals surface area contributed by atoms with Crippen LogP contribution in [0.15, 0.2) is 102 Å². The fourth-order valence-electron chi connectivity index (χ4n) is 7.23. The van der Waals surface area contributed by atoms with Crippen LogP contribution in [0.3, 0.4) is 0 Å². The van der Waals surface area contributed by atoms with E-state index in [-0.39, 0.29) is 43.1 Å². The molecule has 1 aromatic heterocycles. The van der Waals surface area contributed by atoms with Gasteiger partial charge in [-0.05, 0) is 57.9 Å². The molecule has 1 saturated heterocycles. The van der Waals surface area contributed by atoms with E-state index in [1.54, 1.807) is 58.2 Å². The van der Waals surface area contributed by atoms with Gasteiger partial charge in [0.1, 0.15) is 46.7 Å². The van der Waals surface area contributed by atoms with Crippen molar-refractivity contribution >= 4 is 62.2 Å². The highest BCUT2D eigenvalue weighted by atomic mass is 35.5. The lowest BCUT2D eigenvalue weighted by molar-refractivity contribution is -0.141. The summed E-state index contributed by atoms with van der Waals surface area (Å²) in [6.07, 6.45) is -0.460. The number of aromatic nitrogens is 1. The minimum atomic E-state index is -4.33. The number of carbonyl (C=O) groups is 5. The van der Waals surface area contributed by atoms with Crippen molar-refractivity contribution in [2.24, 2.45) is 5.92 Å². The number of carbonyl (C=O) groups excluding carboxylic acids is 5. The predicted molar refractivity (Wildman–Crippen MR) is 231 cm³/mol. The number of hydrogen-bond acceptors (Lipinski definition) is 11. The molecule has 4 N–H and O–H groups in total. The number of pyridine rings is 1. The third kappa shape index (κ3) is 10.6. The van der Waals surface area contributed by atoms with E-state index in [1.165, 1.54) is 35.2 Å². The Morgan fingerprint density at radius 1 is 1.02 bits per heavy atom. The molecule has 2 fully saturated rings. The number of sulfonamides is 1. The summed E-state index contributed by atoms with van der Waals surface area (Å²) in [5.74, 6) is -2.97. The van der Waals surface area contributed by atoms with Crippen LogP contribution in [-0.2, 0) is 33.9 Å². The molecule has 1 unspecified atom stereocenters. The van der Waals surface area contributed by atoms with Crippen molar-refractivity contribution in [1.29, 1.82) is 0 Å². The average molecular weight is 889 g/mol. The SMILES string of the molecule is C=C[C@@H]1C[C@]1(NC(=O)[C@@H]1C[C@@H](Oc2cc(-c3ccccc3)nc3cc(OC)ccc23)CN1C(=O)C(CCNC(=O)CCl)NC(=O)OC(C)(C)C)C(=O)NS(=O)(=O)c1ccccc1. The lowest BCUT2D eigenvalue weighted by Crippen LogP contribution is -2.58. The fourth-order valence-corrected chi connectivity index (χ4v) is 8.39. The summed E-state index contributed by atoms with van der Waals surface area (Å²) in [6.45, 7) is 8.51. The van der Waals surface area contributed by atoms with Crippen LogP contribution in [0.1, 0.15) is 40.0 Å². The third-order valence-electron chi connectivity index (χ3n) is 10.4. The minimum absolute atomic E-state index is 0.0385. The molecule has 6 rings (SSSR count). The third-order valence-corrected chi connectivity index (χ3v) is 12.0. The van der Waals surface area contributed by atoms with Gasteiger partial charge in [0.05, 0.1) is 29.8 Å². The molecule has 0 radical (unpaired) electrons. The van der Waals surface area contributed by atoms with E-state index in [4.69, 9.17) is 30.8 Å². The Morgan fingerprint density at radius 3 is 2.34 bits per heavy atom. The largest absolute Gasteiger partial charge is 0.497 e. The molecule has 1 saturated carbocycles. The second-order valence-corrected chi connectivity index (χ2v) is 17.9. The van der Waals surface area contributed by atoms with Gasteiger partial charge < -0.3 is 35.1 Å². The maximum absolute atomic E-state index is 14.7. The molecule has 1 aliphatic carbocycles. The van der Waals surface area contributed by atoms with Crippen LogP contribution in [0.5, 0.6) is 11.5 Å². The van der Waals surface area contributed by atoms with E-state index in [0.717, 1.165) is 5.56 Å². The zero-order valence-electron chi connectivity index (χ0n) is 34.7. The number of alkyl halides is 1. The first-order valence-corrected chi connectivity index (χ1v) is 21.9. The van der Waals surface area contributed by atoms with Gasteiger partial charge in [-0.15, -0.1) is 18.2 Å². The molecule has 5 atom stereocenters. The van der Waals surface area contributed by atoms with Gasteiger partial charge in [-0.3, -0.25) is 19.2 Å². The summed E-state index contributed by atoms with van der Waals surface area (Å²) in [4.78, 5) is 74.2. The second kappa shape index (κ2) is 18.8. The molecule has 3 aromatic carbocycles. The van der Waals surface area contributed by atoms with E-state index in [9.17, 15) is 32.4 Å². The van der Waals surface area contributed by atoms with Crippen molar-refractivity contribution in [2.45, 2.75) is 74.3 Å². The number of ether oxygens (including phenoxy) is 3. The molecular formula is C44H49ClN6O10S. The maximum atomic E-state index is 14.7. The second-order valence-electron chi connectivity index (χ2n) is 16.0. The van der Waals surface area contributed by atoms with Gasteiger partial charge in [0, 0.05) is 42.0 Å². The Kier molecular flexibility index (Phi) is 13.8. The molecule has 18 heteroatoms. The number of halogens is 1. The van der Waals surface area contributed by atoms with Gasteiger partial charge in [0.15, 0.2) is 0 Å². The van der Waals surface area contributed by atoms with Crippen molar-refractivity contribution in [2.75, 3.05) is 26.1 Å². The first-order valence-electron chi connectivity index (χ1n) is 19.9. The summed E-state index contributed by atoms with van der Waals surface area (Å²) in [7, 11) is -2.79. The molecule has 328 valence electrons. The van der Waals surface area contributed by atoms with E-state index >= 15 is 0 Å². The quantitative estimate of drug-likeness (QED) is 0.0912. The minimum Gasteiger partial charge on any atom is -0.497 e. The zero-order chi connectivity index (χ0) is 44.8. The number of likely N-dealkylation sites (tertiary alicyclic amines) is 1. The standard InChI is InChI=1S/C44H49ClN6O10S/c1-6-28-24-44(28,41(55)50-62(57,58)31-15-11-8-12-16-31)49-39(53)36-22-30(26-51(36)40(54)33(19-20-46-38(52)25-45)48-42(56)61-43(2,3)4)60-37-23-34(27-13-9-7-10-14-27)47-35-21-29(59-5)17-18-32(35)37/h6-18,21,23,28,30,33,36H,1,19-20,22,24-26H2,2-5H3,(H,46,52)(H,48,56)(H,49,53)(H,50,55)/t28-,30-,33?,36+,44-/m1/s1. The van der Waals surface area contributed by atoms with Gasteiger partial charge in [-0.1, -0.05) is 54.6 Å². The smallest absolute Gasteiger partial charge is 0.408 e. The number of methoxy groups -OCH3 is 1. The van der Waals surface area contributed by atoms with Gasteiger partial charge >= 0.3 is 6.09 Å². The predicted octanol–water partition coefficient (Wildman–Crippen LogP) is 4.46. The van der Waals surface area contributed by atoms with Crippen molar-refractivity contribution in [3.63, 3.8) is 0 Å². The van der Waals surface area contributed by atoms with Crippen LogP contribution in [0.4, 0.5) is 4.79 Å². The number of fused-ring (bicyclic) bond motifs is 1. The van der Waals surface area contributed by atoms with E-state index in [0.29, 0.717) is 28.1 Å². The number of rotatable bonds is 16. The molecule has 0 bridgehead atoms. The topological polar surface area (TPSA) is 211 Å². The zero-order valence-corrected chi connectivity index (χ0v) is 36.3. The molecule has 1 aliphatic heterocycles. The first-order chi connectivity index (χ1) is 29.5. The van der Waals surface area contributed by atoms with Gasteiger partial charge in [-0.2, -0.15) is 0 Å². The molecule has 4 aromatic rings. The van der Waals surface area contributed by atoms with Gasteiger partial charge in [0.25, 0.3) is 15.9 Å². The summed E-state index contributed by atoms with van der Waals surface area (Å²) in [5, 5.41) is 8.56. The summed E-state index contributed by atoms with van der Waals surface area (Å²) in [6, 6.07) is 21.2. The van der Waals surface area contributed by atoms with Crippen molar-refractivity contribution in [3.05, 3.63) is 97.6 Å². The number of amides is 5. The van der Waals surface area contributed by atoms with Crippen LogP contribution in [0.2, 0.25) is 0 Å². The molecule has 5 amide bonds. The number of alkyl carbamates (subject to hydrolysis) is 1. The summed E-state index contributed by atoms with van der Waals surface area (Å²) < 4.78 is 46.1. The maximum Gasteiger partial charge on any atom is 0.408 e. The highest BCUT2D eigenvalue weighted by molar-refractivity contribution is 7.90. The Hall–Kier alpha value is -6.20. The van der Waals surface area contributed by atoms with E-state index in [1.807, 2.05) is 30.3 Å². The molecular weight excluding hydrogens is 840 g/mol. The van der Waals surface area contributed by atoms with Crippen molar-refractivity contribution in [1.82, 2.24) is 30.6 Å². The Labute approximate surface area is 364 Å². The van der Waals surface area contributed by atoms with Crippen LogP contribution < -0.4 is 30.1 Å². The van der Waals surface area contributed by atoms with Crippen molar-refractivity contribution < 1.29 is 46.6 Å². The highest BCUT2D eigenvalue weighted by Gasteiger charge is 2.61. The normalized spacial score (nSPS) is 20.0. The van der Waals surface area contributed by atoms with Gasteiger partial charge in [0.2, 0.25) is 17.7 Å².